The van der Waals surface area contributed by atoms with Gasteiger partial charge in [0.05, 0.1) is 23.5 Å². The van der Waals surface area contributed by atoms with E-state index in [4.69, 9.17) is 4.18 Å². The van der Waals surface area contributed by atoms with Gasteiger partial charge in [0.15, 0.2) is 0 Å². The summed E-state index contributed by atoms with van der Waals surface area (Å²) in [5.74, 6) is 0. The highest BCUT2D eigenvalue weighted by Crippen LogP contribution is 2.31. The second-order valence-corrected chi connectivity index (χ2v) is 7.44. The molecule has 1 aliphatic rings. The maximum atomic E-state index is 12.3. The van der Waals surface area contributed by atoms with E-state index >= 15 is 0 Å². The van der Waals surface area contributed by atoms with Gasteiger partial charge in [-0.1, -0.05) is 48.5 Å². The number of aliphatic hydroxyl groups excluding tert-OH is 1. The summed E-state index contributed by atoms with van der Waals surface area (Å²) in [7, 11) is -3.85. The Morgan fingerprint density at radius 1 is 1.04 bits per heavy atom. The quantitative estimate of drug-likeness (QED) is 0.784. The molecule has 0 saturated heterocycles. The van der Waals surface area contributed by atoms with Crippen molar-refractivity contribution in [3.63, 3.8) is 0 Å². The highest BCUT2D eigenvalue weighted by Gasteiger charge is 2.35. The second-order valence-electron chi connectivity index (χ2n) is 5.83. The molecule has 1 atom stereocenters. The first-order valence-electron chi connectivity index (χ1n) is 7.62. The van der Waals surface area contributed by atoms with Crippen LogP contribution < -0.4 is 5.32 Å². The molecule has 2 N–H and O–H groups in total. The van der Waals surface area contributed by atoms with Gasteiger partial charge >= 0.3 is 0 Å². The van der Waals surface area contributed by atoms with Crippen LogP contribution in [-0.4, -0.2) is 33.3 Å². The van der Waals surface area contributed by atoms with E-state index in [1.54, 1.807) is 18.2 Å². The minimum Gasteiger partial charge on any atom is -0.395 e. The van der Waals surface area contributed by atoms with Gasteiger partial charge < -0.3 is 10.4 Å². The van der Waals surface area contributed by atoms with Crippen molar-refractivity contribution in [3.8, 4) is 0 Å². The molecule has 1 aliphatic heterocycles. The molecule has 1 heterocycles. The van der Waals surface area contributed by atoms with Crippen molar-refractivity contribution in [1.82, 2.24) is 5.32 Å². The zero-order valence-electron chi connectivity index (χ0n) is 13.1. The van der Waals surface area contributed by atoms with Crippen LogP contribution >= 0.6 is 0 Å². The lowest BCUT2D eigenvalue weighted by Crippen LogP contribution is -2.34. The third kappa shape index (κ3) is 3.51. The van der Waals surface area contributed by atoms with Gasteiger partial charge in [0.1, 0.15) is 0 Å². The van der Waals surface area contributed by atoms with Crippen LogP contribution in [0, 0.1) is 5.41 Å². The summed E-state index contributed by atoms with van der Waals surface area (Å²) in [4.78, 5) is 0.108. The lowest BCUT2D eigenvalue weighted by atomic mass is 9.91. The van der Waals surface area contributed by atoms with Gasteiger partial charge in [-0.05, 0) is 23.8 Å². The summed E-state index contributed by atoms with van der Waals surface area (Å²) in [6, 6.07) is 17.7. The first-order valence-corrected chi connectivity index (χ1v) is 9.03. The molecule has 2 aromatic carbocycles. The SMILES string of the molecule is O=S(=O)(OCC1(CO)C=C(c2ccccc2)NC1)c1ccccc1. The lowest BCUT2D eigenvalue weighted by molar-refractivity contribution is 0.117. The predicted octanol–water partition coefficient (Wildman–Crippen LogP) is 2.01. The number of nitrogens with one attached hydrogen (secondary N) is 1. The molecule has 0 radical (unpaired) electrons. The summed E-state index contributed by atoms with van der Waals surface area (Å²) in [6.45, 7) is 0.0861. The summed E-state index contributed by atoms with van der Waals surface area (Å²) >= 11 is 0. The lowest BCUT2D eigenvalue weighted by Gasteiger charge is -2.23. The van der Waals surface area contributed by atoms with Crippen LogP contribution in [0.5, 0.6) is 0 Å². The van der Waals surface area contributed by atoms with Gasteiger partial charge in [-0.3, -0.25) is 4.18 Å². The fourth-order valence-electron chi connectivity index (χ4n) is 2.57. The van der Waals surface area contributed by atoms with Crippen molar-refractivity contribution in [2.75, 3.05) is 19.8 Å². The maximum absolute atomic E-state index is 12.3. The van der Waals surface area contributed by atoms with Crippen molar-refractivity contribution in [2.24, 2.45) is 5.41 Å². The Bertz CT molecular complexity index is 819. The fourth-order valence-corrected chi connectivity index (χ4v) is 3.59. The number of hydrogen-bond donors (Lipinski definition) is 2. The second kappa shape index (κ2) is 6.76. The van der Waals surface area contributed by atoms with Gasteiger partial charge in [0.2, 0.25) is 0 Å². The molecular weight excluding hydrogens is 326 g/mol. The molecule has 0 fully saturated rings. The van der Waals surface area contributed by atoms with E-state index in [-0.39, 0.29) is 18.1 Å². The molecule has 24 heavy (non-hydrogen) atoms. The number of benzene rings is 2. The Hall–Kier alpha value is -2.15. The van der Waals surface area contributed by atoms with Crippen molar-refractivity contribution in [1.29, 1.82) is 0 Å². The van der Waals surface area contributed by atoms with Crippen molar-refractivity contribution < 1.29 is 17.7 Å². The number of rotatable bonds is 6. The standard InChI is InChI=1S/C18H19NO4S/c20-13-18(11-17(19-12-18)15-7-3-1-4-8-15)14-23-24(21,22)16-9-5-2-6-10-16/h1-11,19-20H,12-14H2. The van der Waals surface area contributed by atoms with Crippen LogP contribution in [0.25, 0.3) is 5.70 Å². The molecule has 2 aromatic rings. The average molecular weight is 345 g/mol. The summed E-state index contributed by atoms with van der Waals surface area (Å²) in [6.07, 6.45) is 1.85. The monoisotopic (exact) mass is 345 g/mol. The smallest absolute Gasteiger partial charge is 0.297 e. The van der Waals surface area contributed by atoms with Crippen molar-refractivity contribution >= 4 is 15.8 Å². The molecule has 6 heteroatoms. The van der Waals surface area contributed by atoms with Crippen molar-refractivity contribution in [3.05, 3.63) is 72.3 Å². The molecule has 3 rings (SSSR count). The highest BCUT2D eigenvalue weighted by atomic mass is 32.2. The van der Waals surface area contributed by atoms with Gasteiger partial charge in [0, 0.05) is 12.2 Å². The van der Waals surface area contributed by atoms with Crippen LogP contribution in [0.2, 0.25) is 0 Å². The van der Waals surface area contributed by atoms with Crippen LogP contribution in [0.3, 0.4) is 0 Å². The predicted molar refractivity (Wildman–Crippen MR) is 91.5 cm³/mol. The third-order valence-corrected chi connectivity index (χ3v) is 5.29. The van der Waals surface area contributed by atoms with Crippen molar-refractivity contribution in [2.45, 2.75) is 4.90 Å². The average Bonchev–Trinajstić information content (AvgIpc) is 3.07. The minimum atomic E-state index is -3.85. The zero-order chi connectivity index (χ0) is 17.0. The van der Waals surface area contributed by atoms with Crippen LogP contribution in [0.15, 0.2) is 71.6 Å². The molecule has 0 aromatic heterocycles. The Labute approximate surface area is 141 Å². The first kappa shape index (κ1) is 16.7. The van der Waals surface area contributed by atoms with E-state index in [0.29, 0.717) is 6.54 Å². The molecule has 5 nitrogen and oxygen atoms in total. The van der Waals surface area contributed by atoms with Crippen LogP contribution in [0.1, 0.15) is 5.56 Å². The zero-order valence-corrected chi connectivity index (χ0v) is 13.9. The van der Waals surface area contributed by atoms with E-state index in [1.165, 1.54) is 12.1 Å². The largest absolute Gasteiger partial charge is 0.395 e. The Morgan fingerprint density at radius 2 is 1.67 bits per heavy atom. The molecule has 0 amide bonds. The molecule has 0 saturated carbocycles. The molecule has 126 valence electrons. The van der Waals surface area contributed by atoms with E-state index in [2.05, 4.69) is 5.32 Å². The topological polar surface area (TPSA) is 75.6 Å². The minimum absolute atomic E-state index is 0.108. The third-order valence-electron chi connectivity index (χ3n) is 4.01. The van der Waals surface area contributed by atoms with E-state index in [1.807, 2.05) is 36.4 Å². The number of aliphatic hydroxyl groups is 1. The van der Waals surface area contributed by atoms with Gasteiger partial charge in [-0.25, -0.2) is 0 Å². The van der Waals surface area contributed by atoms with Gasteiger partial charge in [-0.15, -0.1) is 0 Å². The Balaban J connectivity index is 1.77. The molecule has 0 bridgehead atoms. The molecule has 0 spiro atoms. The van der Waals surface area contributed by atoms with Gasteiger partial charge in [-0.2, -0.15) is 8.42 Å². The van der Waals surface area contributed by atoms with E-state index in [9.17, 15) is 13.5 Å². The Morgan fingerprint density at radius 3 is 2.29 bits per heavy atom. The summed E-state index contributed by atoms with van der Waals surface area (Å²) in [5, 5.41) is 13.0. The number of hydrogen-bond acceptors (Lipinski definition) is 5. The van der Waals surface area contributed by atoms with Gasteiger partial charge in [0.25, 0.3) is 10.1 Å². The van der Waals surface area contributed by atoms with E-state index < -0.39 is 15.5 Å². The normalized spacial score (nSPS) is 20.5. The maximum Gasteiger partial charge on any atom is 0.297 e. The highest BCUT2D eigenvalue weighted by molar-refractivity contribution is 7.86. The summed E-state index contributed by atoms with van der Waals surface area (Å²) in [5.41, 5.74) is 1.08. The van der Waals surface area contributed by atoms with E-state index in [0.717, 1.165) is 11.3 Å². The fraction of sp³-hybridized carbons (Fsp3) is 0.222. The summed E-state index contributed by atoms with van der Waals surface area (Å²) < 4.78 is 29.7. The molecular formula is C18H19NO4S. The van der Waals surface area contributed by atoms with Crippen LogP contribution in [-0.2, 0) is 14.3 Å². The Kier molecular flexibility index (Phi) is 4.71. The molecule has 1 unspecified atom stereocenters. The van der Waals surface area contributed by atoms with Crippen LogP contribution in [0.4, 0.5) is 0 Å². The molecule has 0 aliphatic carbocycles. The first-order chi connectivity index (χ1) is 11.5.